The molecule has 2 aromatic heterocycles. The van der Waals surface area contributed by atoms with Crippen molar-refractivity contribution in [3.63, 3.8) is 0 Å². The number of esters is 1. The van der Waals surface area contributed by atoms with Crippen molar-refractivity contribution in [1.82, 2.24) is 4.98 Å². The molecule has 0 atom stereocenters. The standard InChI is InChI=1S/C17H14ClNO3/c1-10-7-14(11(2)22-10)17(20)21-9-13-8-12-5-3-4-6-15(12)19-16(13)18/h3-8H,9H2,1-2H3. The highest BCUT2D eigenvalue weighted by Gasteiger charge is 2.16. The summed E-state index contributed by atoms with van der Waals surface area (Å²) in [5.41, 5.74) is 1.91. The Morgan fingerprint density at radius 1 is 1.27 bits per heavy atom. The summed E-state index contributed by atoms with van der Waals surface area (Å²) in [4.78, 5) is 16.4. The van der Waals surface area contributed by atoms with Crippen LogP contribution in [0, 0.1) is 13.8 Å². The molecule has 0 aliphatic carbocycles. The van der Waals surface area contributed by atoms with Crippen molar-refractivity contribution >= 4 is 28.5 Å². The first-order valence-electron chi connectivity index (χ1n) is 6.83. The Balaban J connectivity index is 1.80. The fourth-order valence-corrected chi connectivity index (χ4v) is 2.49. The summed E-state index contributed by atoms with van der Waals surface area (Å²) < 4.78 is 10.6. The molecule has 0 aliphatic rings. The van der Waals surface area contributed by atoms with Crippen LogP contribution in [-0.2, 0) is 11.3 Å². The molecule has 0 aliphatic heterocycles. The van der Waals surface area contributed by atoms with Crippen LogP contribution in [0.3, 0.4) is 0 Å². The molecule has 4 nitrogen and oxygen atoms in total. The second kappa shape index (κ2) is 5.81. The number of aryl methyl sites for hydroxylation is 2. The lowest BCUT2D eigenvalue weighted by molar-refractivity contribution is 0.0470. The van der Waals surface area contributed by atoms with Crippen molar-refractivity contribution < 1.29 is 13.9 Å². The van der Waals surface area contributed by atoms with E-state index in [1.165, 1.54) is 0 Å². The van der Waals surface area contributed by atoms with Gasteiger partial charge in [-0.05, 0) is 32.0 Å². The maximum atomic E-state index is 12.1. The van der Waals surface area contributed by atoms with Gasteiger partial charge >= 0.3 is 5.97 Å². The van der Waals surface area contributed by atoms with Crippen molar-refractivity contribution in [3.05, 3.63) is 64.2 Å². The number of benzene rings is 1. The van der Waals surface area contributed by atoms with Crippen LogP contribution in [0.1, 0.15) is 27.4 Å². The largest absolute Gasteiger partial charge is 0.466 e. The fourth-order valence-electron chi connectivity index (χ4n) is 2.29. The Bertz CT molecular complexity index is 854. The van der Waals surface area contributed by atoms with Gasteiger partial charge in [0.15, 0.2) is 0 Å². The second-order valence-electron chi connectivity index (χ2n) is 5.03. The fraction of sp³-hybridized carbons (Fsp3) is 0.176. The van der Waals surface area contributed by atoms with E-state index in [9.17, 15) is 4.79 Å². The van der Waals surface area contributed by atoms with Gasteiger partial charge in [-0.1, -0.05) is 29.8 Å². The van der Waals surface area contributed by atoms with Crippen LogP contribution in [0.25, 0.3) is 10.9 Å². The summed E-state index contributed by atoms with van der Waals surface area (Å²) in [6, 6.07) is 11.2. The molecule has 0 saturated carbocycles. The number of furan rings is 1. The number of fused-ring (bicyclic) bond motifs is 1. The molecule has 0 radical (unpaired) electrons. The molecule has 5 heteroatoms. The number of carbonyl (C=O) groups is 1. The van der Waals surface area contributed by atoms with E-state index in [0.29, 0.717) is 27.8 Å². The van der Waals surface area contributed by atoms with Gasteiger partial charge in [-0.2, -0.15) is 0 Å². The number of pyridine rings is 1. The van der Waals surface area contributed by atoms with Crippen LogP contribution in [-0.4, -0.2) is 11.0 Å². The van der Waals surface area contributed by atoms with E-state index in [4.69, 9.17) is 20.8 Å². The maximum absolute atomic E-state index is 12.1. The van der Waals surface area contributed by atoms with Gasteiger partial charge in [0.1, 0.15) is 28.8 Å². The zero-order valence-electron chi connectivity index (χ0n) is 12.2. The van der Waals surface area contributed by atoms with Crippen LogP contribution < -0.4 is 0 Å². The monoisotopic (exact) mass is 315 g/mol. The lowest BCUT2D eigenvalue weighted by Gasteiger charge is -2.07. The first kappa shape index (κ1) is 14.6. The second-order valence-corrected chi connectivity index (χ2v) is 5.39. The van der Waals surface area contributed by atoms with E-state index in [2.05, 4.69) is 4.98 Å². The Morgan fingerprint density at radius 3 is 2.77 bits per heavy atom. The Labute approximate surface area is 132 Å². The highest BCUT2D eigenvalue weighted by molar-refractivity contribution is 6.30. The van der Waals surface area contributed by atoms with Crippen molar-refractivity contribution in [1.29, 1.82) is 0 Å². The summed E-state index contributed by atoms with van der Waals surface area (Å²) in [6.07, 6.45) is 0. The maximum Gasteiger partial charge on any atom is 0.342 e. The Hall–Kier alpha value is -2.33. The van der Waals surface area contributed by atoms with Crippen molar-refractivity contribution in [2.75, 3.05) is 0 Å². The molecule has 3 aromatic rings. The summed E-state index contributed by atoms with van der Waals surface area (Å²) >= 11 is 6.15. The van der Waals surface area contributed by atoms with Gasteiger partial charge in [0.05, 0.1) is 5.52 Å². The van der Waals surface area contributed by atoms with Crippen LogP contribution in [0.4, 0.5) is 0 Å². The molecule has 0 bridgehead atoms. The van der Waals surface area contributed by atoms with Crippen molar-refractivity contribution in [2.45, 2.75) is 20.5 Å². The molecule has 0 fully saturated rings. The third-order valence-corrected chi connectivity index (χ3v) is 3.70. The lowest BCUT2D eigenvalue weighted by atomic mass is 10.2. The lowest BCUT2D eigenvalue weighted by Crippen LogP contribution is -2.06. The van der Waals surface area contributed by atoms with Crippen LogP contribution in [0.5, 0.6) is 0 Å². The minimum atomic E-state index is -0.432. The third-order valence-electron chi connectivity index (χ3n) is 3.37. The smallest absolute Gasteiger partial charge is 0.342 e. The molecule has 1 aromatic carbocycles. The van der Waals surface area contributed by atoms with Gasteiger partial charge in [0, 0.05) is 10.9 Å². The van der Waals surface area contributed by atoms with Crippen LogP contribution in [0.15, 0.2) is 40.8 Å². The van der Waals surface area contributed by atoms with Gasteiger partial charge in [-0.25, -0.2) is 9.78 Å². The predicted octanol–water partition coefficient (Wildman–Crippen LogP) is 4.46. The number of carbonyl (C=O) groups excluding carboxylic acids is 1. The summed E-state index contributed by atoms with van der Waals surface area (Å²) in [5, 5.41) is 1.29. The molecule has 22 heavy (non-hydrogen) atoms. The summed E-state index contributed by atoms with van der Waals surface area (Å²) in [6.45, 7) is 3.58. The number of halogens is 1. The first-order valence-corrected chi connectivity index (χ1v) is 7.20. The highest BCUT2D eigenvalue weighted by atomic mass is 35.5. The SMILES string of the molecule is Cc1cc(C(=O)OCc2cc3ccccc3nc2Cl)c(C)o1. The number of ether oxygens (including phenoxy) is 1. The highest BCUT2D eigenvalue weighted by Crippen LogP contribution is 2.22. The number of nitrogens with zero attached hydrogens (tertiary/aromatic N) is 1. The molecule has 0 unspecified atom stereocenters. The van der Waals surface area contributed by atoms with Crippen LogP contribution in [0.2, 0.25) is 5.15 Å². The number of hydrogen-bond acceptors (Lipinski definition) is 4. The van der Waals surface area contributed by atoms with E-state index < -0.39 is 5.97 Å². The van der Waals surface area contributed by atoms with Gasteiger partial charge in [0.25, 0.3) is 0 Å². The van der Waals surface area contributed by atoms with E-state index in [0.717, 1.165) is 10.9 Å². The number of aromatic nitrogens is 1. The van der Waals surface area contributed by atoms with Gasteiger partial charge < -0.3 is 9.15 Å². The molecule has 2 heterocycles. The van der Waals surface area contributed by atoms with Gasteiger partial charge in [-0.15, -0.1) is 0 Å². The van der Waals surface area contributed by atoms with E-state index in [-0.39, 0.29) is 6.61 Å². The third kappa shape index (κ3) is 2.83. The van der Waals surface area contributed by atoms with E-state index in [1.54, 1.807) is 19.9 Å². The molecular formula is C17H14ClNO3. The van der Waals surface area contributed by atoms with Gasteiger partial charge in [-0.3, -0.25) is 0 Å². The van der Waals surface area contributed by atoms with Crippen molar-refractivity contribution in [3.8, 4) is 0 Å². The normalized spacial score (nSPS) is 10.9. The van der Waals surface area contributed by atoms with Gasteiger partial charge in [0.2, 0.25) is 0 Å². The molecule has 0 amide bonds. The average molecular weight is 316 g/mol. The van der Waals surface area contributed by atoms with E-state index in [1.807, 2.05) is 30.3 Å². The number of para-hydroxylation sites is 1. The summed E-state index contributed by atoms with van der Waals surface area (Å²) in [5.74, 6) is 0.790. The Kier molecular flexibility index (Phi) is 3.86. The minimum Gasteiger partial charge on any atom is -0.466 e. The number of rotatable bonds is 3. The quantitative estimate of drug-likeness (QED) is 0.529. The van der Waals surface area contributed by atoms with E-state index >= 15 is 0 Å². The predicted molar refractivity (Wildman–Crippen MR) is 84.1 cm³/mol. The molecular weight excluding hydrogens is 302 g/mol. The molecule has 112 valence electrons. The average Bonchev–Trinajstić information content (AvgIpc) is 2.83. The zero-order chi connectivity index (χ0) is 15.7. The first-order chi connectivity index (χ1) is 10.5. The minimum absolute atomic E-state index is 0.0686. The zero-order valence-corrected chi connectivity index (χ0v) is 13.0. The van der Waals surface area contributed by atoms with Crippen molar-refractivity contribution in [2.24, 2.45) is 0 Å². The topological polar surface area (TPSA) is 52.3 Å². The molecule has 0 saturated heterocycles. The molecule has 3 rings (SSSR count). The summed E-state index contributed by atoms with van der Waals surface area (Å²) in [7, 11) is 0. The number of hydrogen-bond donors (Lipinski definition) is 0. The van der Waals surface area contributed by atoms with Crippen LogP contribution >= 0.6 is 11.6 Å². The Morgan fingerprint density at radius 2 is 2.05 bits per heavy atom. The molecule has 0 N–H and O–H groups in total. The molecule has 0 spiro atoms.